The lowest BCUT2D eigenvalue weighted by Gasteiger charge is -2.11. The Bertz CT molecular complexity index is 694. The van der Waals surface area contributed by atoms with Crippen LogP contribution in [0, 0.1) is 5.92 Å². The molecule has 1 saturated heterocycles. The average molecular weight is 364 g/mol. The van der Waals surface area contributed by atoms with Crippen molar-refractivity contribution >= 4 is 24.0 Å². The van der Waals surface area contributed by atoms with Crippen LogP contribution < -0.4 is 10.6 Å². The summed E-state index contributed by atoms with van der Waals surface area (Å²) in [4.78, 5) is 16.8. The third-order valence-electron chi connectivity index (χ3n) is 4.43. The van der Waals surface area contributed by atoms with Crippen molar-refractivity contribution in [2.24, 2.45) is 5.92 Å². The van der Waals surface area contributed by atoms with Gasteiger partial charge in [0.25, 0.3) is 0 Å². The lowest BCUT2D eigenvalue weighted by molar-refractivity contribution is -0.116. The Balaban J connectivity index is 0.00000225. The molecule has 25 heavy (non-hydrogen) atoms. The Hall–Kier alpha value is -1.92. The van der Waals surface area contributed by atoms with Crippen LogP contribution in [0.1, 0.15) is 44.9 Å². The van der Waals surface area contributed by atoms with E-state index in [-0.39, 0.29) is 24.2 Å². The highest BCUT2D eigenvalue weighted by atomic mass is 35.5. The van der Waals surface area contributed by atoms with Crippen molar-refractivity contribution in [1.29, 1.82) is 0 Å². The predicted octanol–water partition coefficient (Wildman–Crippen LogP) is 3.35. The quantitative estimate of drug-likeness (QED) is 0.735. The molecule has 2 aromatic rings. The average Bonchev–Trinajstić information content (AvgIpc) is 3.25. The van der Waals surface area contributed by atoms with Gasteiger partial charge >= 0.3 is 0 Å². The molecule has 1 aliphatic heterocycles. The Labute approximate surface area is 154 Å². The monoisotopic (exact) mass is 363 g/mol. The molecule has 7 heteroatoms. The van der Waals surface area contributed by atoms with Crippen molar-refractivity contribution in [3.63, 3.8) is 0 Å². The maximum Gasteiger partial charge on any atom is 0.224 e. The minimum atomic E-state index is 0. The summed E-state index contributed by atoms with van der Waals surface area (Å²) in [5.41, 5.74) is 1.61. The summed E-state index contributed by atoms with van der Waals surface area (Å²) < 4.78 is 0. The number of nitrogens with one attached hydrogen (secondary N) is 3. The van der Waals surface area contributed by atoms with Gasteiger partial charge in [-0.3, -0.25) is 9.89 Å². The van der Waals surface area contributed by atoms with Crippen LogP contribution in [-0.4, -0.2) is 34.2 Å². The van der Waals surface area contributed by atoms with Gasteiger partial charge in [0.1, 0.15) is 5.82 Å². The number of rotatable bonds is 6. The van der Waals surface area contributed by atoms with E-state index < -0.39 is 0 Å². The molecule has 3 rings (SSSR count). The molecule has 0 aliphatic carbocycles. The Morgan fingerprint density at radius 1 is 1.36 bits per heavy atom. The van der Waals surface area contributed by atoms with Gasteiger partial charge in [-0.25, -0.2) is 4.98 Å². The highest BCUT2D eigenvalue weighted by molar-refractivity contribution is 5.94. The molecule has 0 radical (unpaired) electrons. The van der Waals surface area contributed by atoms with Crippen LogP contribution in [0.2, 0.25) is 0 Å². The van der Waals surface area contributed by atoms with Crippen molar-refractivity contribution in [3.8, 4) is 11.4 Å². The summed E-state index contributed by atoms with van der Waals surface area (Å²) in [7, 11) is 0. The van der Waals surface area contributed by atoms with E-state index in [1.54, 1.807) is 0 Å². The number of carbonyl (C=O) groups excluding carboxylic acids is 1. The number of para-hydroxylation sites is 1. The molecule has 1 atom stereocenters. The molecule has 1 aliphatic rings. The summed E-state index contributed by atoms with van der Waals surface area (Å²) in [6, 6.07) is 7.68. The zero-order chi connectivity index (χ0) is 16.9. The zero-order valence-electron chi connectivity index (χ0n) is 14.7. The summed E-state index contributed by atoms with van der Waals surface area (Å²) in [5, 5.41) is 13.6. The number of carbonyl (C=O) groups is 1. The number of halogens is 1. The zero-order valence-corrected chi connectivity index (χ0v) is 15.5. The minimum absolute atomic E-state index is 0. The minimum Gasteiger partial charge on any atom is -0.325 e. The van der Waals surface area contributed by atoms with Crippen LogP contribution in [0.4, 0.5) is 5.69 Å². The van der Waals surface area contributed by atoms with E-state index in [4.69, 9.17) is 0 Å². The summed E-state index contributed by atoms with van der Waals surface area (Å²) >= 11 is 0. The lowest BCUT2D eigenvalue weighted by Crippen LogP contribution is -2.15. The van der Waals surface area contributed by atoms with E-state index in [1.165, 1.54) is 6.42 Å². The standard InChI is InChI=1S/C18H25N5O.ClH/c1-12(2)17-21-18(23-22-17)14-5-3-4-6-15(14)20-16(24)8-7-13-9-10-19-11-13;/h3-6,12-13,19H,7-11H2,1-2H3,(H,20,24)(H,21,22,23);1H. The molecule has 1 aromatic heterocycles. The SMILES string of the molecule is CC(C)c1nc(-c2ccccc2NC(=O)CCC2CCNC2)n[nH]1.Cl. The number of amides is 1. The molecular weight excluding hydrogens is 338 g/mol. The van der Waals surface area contributed by atoms with E-state index in [0.29, 0.717) is 18.2 Å². The summed E-state index contributed by atoms with van der Waals surface area (Å²) in [6.45, 7) is 6.23. The topological polar surface area (TPSA) is 82.7 Å². The molecule has 0 bridgehead atoms. The molecule has 1 amide bonds. The van der Waals surface area contributed by atoms with Gasteiger partial charge in [0.2, 0.25) is 5.91 Å². The van der Waals surface area contributed by atoms with Gasteiger partial charge in [-0.1, -0.05) is 26.0 Å². The van der Waals surface area contributed by atoms with Crippen molar-refractivity contribution in [2.75, 3.05) is 18.4 Å². The number of hydrogen-bond acceptors (Lipinski definition) is 4. The van der Waals surface area contributed by atoms with Gasteiger partial charge < -0.3 is 10.6 Å². The van der Waals surface area contributed by atoms with Gasteiger partial charge in [0, 0.05) is 17.9 Å². The van der Waals surface area contributed by atoms with Crippen molar-refractivity contribution in [2.45, 2.75) is 39.0 Å². The number of aromatic nitrogens is 3. The molecule has 6 nitrogen and oxygen atoms in total. The third kappa shape index (κ3) is 5.03. The smallest absolute Gasteiger partial charge is 0.224 e. The Morgan fingerprint density at radius 3 is 2.84 bits per heavy atom. The van der Waals surface area contributed by atoms with E-state index >= 15 is 0 Å². The van der Waals surface area contributed by atoms with Crippen LogP contribution in [0.25, 0.3) is 11.4 Å². The number of aromatic amines is 1. The van der Waals surface area contributed by atoms with Crippen LogP contribution in [0.5, 0.6) is 0 Å². The normalized spacial score (nSPS) is 16.7. The fourth-order valence-electron chi connectivity index (χ4n) is 2.95. The highest BCUT2D eigenvalue weighted by Crippen LogP contribution is 2.26. The molecule has 0 spiro atoms. The first-order valence-corrected chi connectivity index (χ1v) is 8.65. The maximum absolute atomic E-state index is 12.3. The van der Waals surface area contributed by atoms with Crippen LogP contribution in [0.3, 0.4) is 0 Å². The van der Waals surface area contributed by atoms with Crippen LogP contribution in [0.15, 0.2) is 24.3 Å². The van der Waals surface area contributed by atoms with Gasteiger partial charge in [-0.05, 0) is 44.0 Å². The first kappa shape index (κ1) is 19.4. The van der Waals surface area contributed by atoms with Crippen LogP contribution in [-0.2, 0) is 4.79 Å². The second kappa shape index (κ2) is 8.97. The van der Waals surface area contributed by atoms with Crippen molar-refractivity contribution in [1.82, 2.24) is 20.5 Å². The number of anilines is 1. The predicted molar refractivity (Wildman–Crippen MR) is 102 cm³/mol. The van der Waals surface area contributed by atoms with E-state index in [0.717, 1.165) is 36.6 Å². The second-order valence-electron chi connectivity index (χ2n) is 6.69. The first-order chi connectivity index (χ1) is 11.6. The van der Waals surface area contributed by atoms with Gasteiger partial charge in [-0.15, -0.1) is 12.4 Å². The molecule has 2 heterocycles. The van der Waals surface area contributed by atoms with Crippen LogP contribution >= 0.6 is 12.4 Å². The third-order valence-corrected chi connectivity index (χ3v) is 4.43. The number of nitrogens with zero attached hydrogens (tertiary/aromatic N) is 2. The Morgan fingerprint density at radius 2 is 2.16 bits per heavy atom. The number of H-pyrrole nitrogens is 1. The fraction of sp³-hybridized carbons (Fsp3) is 0.500. The summed E-state index contributed by atoms with van der Waals surface area (Å²) in [6.07, 6.45) is 2.64. The fourth-order valence-corrected chi connectivity index (χ4v) is 2.95. The van der Waals surface area contributed by atoms with E-state index in [1.807, 2.05) is 24.3 Å². The summed E-state index contributed by atoms with van der Waals surface area (Å²) in [5.74, 6) is 2.42. The molecule has 1 unspecified atom stereocenters. The second-order valence-corrected chi connectivity index (χ2v) is 6.69. The molecule has 3 N–H and O–H groups in total. The lowest BCUT2D eigenvalue weighted by atomic mass is 10.0. The molecule has 136 valence electrons. The molecule has 1 fully saturated rings. The number of hydrogen-bond donors (Lipinski definition) is 3. The van der Waals surface area contributed by atoms with Gasteiger partial charge in [-0.2, -0.15) is 5.10 Å². The molecular formula is C18H26ClN5O. The maximum atomic E-state index is 12.3. The first-order valence-electron chi connectivity index (χ1n) is 8.65. The largest absolute Gasteiger partial charge is 0.325 e. The molecule has 0 saturated carbocycles. The van der Waals surface area contributed by atoms with E-state index in [9.17, 15) is 4.79 Å². The van der Waals surface area contributed by atoms with E-state index in [2.05, 4.69) is 39.7 Å². The van der Waals surface area contributed by atoms with Crippen molar-refractivity contribution < 1.29 is 4.79 Å². The van der Waals surface area contributed by atoms with Gasteiger partial charge in [0.05, 0.1) is 5.69 Å². The molecule has 1 aromatic carbocycles. The highest BCUT2D eigenvalue weighted by Gasteiger charge is 2.17. The van der Waals surface area contributed by atoms with Gasteiger partial charge in [0.15, 0.2) is 5.82 Å². The van der Waals surface area contributed by atoms with Crippen molar-refractivity contribution in [3.05, 3.63) is 30.1 Å². The number of benzene rings is 1. The Kier molecular flexibility index (Phi) is 6.96.